The van der Waals surface area contributed by atoms with Gasteiger partial charge in [-0.3, -0.25) is 9.78 Å². The molecule has 1 aromatic heterocycles. The molecule has 0 radical (unpaired) electrons. The number of hydrogen-bond donors (Lipinski definition) is 3. The van der Waals surface area contributed by atoms with E-state index in [1.165, 1.54) is 6.20 Å². The standard InChI is InChI=1S/C10H16N4O/c1-10(2,12)6-14-9(15)7-5-13-4-3-8(7)11/h3-5H,6,12H2,1-2H3,(H2,11,13)(H,14,15). The summed E-state index contributed by atoms with van der Waals surface area (Å²) >= 11 is 0. The van der Waals surface area contributed by atoms with Crippen LogP contribution >= 0.6 is 0 Å². The van der Waals surface area contributed by atoms with Gasteiger partial charge in [0.2, 0.25) is 0 Å². The molecule has 15 heavy (non-hydrogen) atoms. The predicted molar refractivity (Wildman–Crippen MR) is 59.2 cm³/mol. The van der Waals surface area contributed by atoms with Crippen LogP contribution in [-0.4, -0.2) is 23.0 Å². The summed E-state index contributed by atoms with van der Waals surface area (Å²) in [6, 6.07) is 1.59. The van der Waals surface area contributed by atoms with E-state index in [2.05, 4.69) is 10.3 Å². The van der Waals surface area contributed by atoms with Gasteiger partial charge in [-0.25, -0.2) is 0 Å². The highest BCUT2D eigenvalue weighted by Gasteiger charge is 2.14. The summed E-state index contributed by atoms with van der Waals surface area (Å²) in [5, 5.41) is 2.70. The van der Waals surface area contributed by atoms with Crippen LogP contribution in [0.2, 0.25) is 0 Å². The molecule has 0 unspecified atom stereocenters. The van der Waals surface area contributed by atoms with E-state index in [9.17, 15) is 4.79 Å². The van der Waals surface area contributed by atoms with E-state index in [4.69, 9.17) is 11.5 Å². The first-order valence-electron chi connectivity index (χ1n) is 4.67. The molecule has 5 N–H and O–H groups in total. The maximum atomic E-state index is 11.6. The van der Waals surface area contributed by atoms with E-state index in [0.717, 1.165) is 0 Å². The van der Waals surface area contributed by atoms with E-state index in [1.54, 1.807) is 12.3 Å². The van der Waals surface area contributed by atoms with Gasteiger partial charge in [-0.15, -0.1) is 0 Å². The minimum atomic E-state index is -0.438. The number of rotatable bonds is 3. The summed E-state index contributed by atoms with van der Waals surface area (Å²) in [5.41, 5.74) is 11.7. The van der Waals surface area contributed by atoms with Crippen molar-refractivity contribution in [3.8, 4) is 0 Å². The molecule has 0 aliphatic rings. The van der Waals surface area contributed by atoms with Gasteiger partial charge in [-0.05, 0) is 19.9 Å². The van der Waals surface area contributed by atoms with Crippen molar-refractivity contribution >= 4 is 11.6 Å². The molecule has 0 fully saturated rings. The van der Waals surface area contributed by atoms with Gasteiger partial charge in [0.05, 0.1) is 5.56 Å². The Morgan fingerprint density at radius 1 is 1.60 bits per heavy atom. The third-order valence-electron chi connectivity index (χ3n) is 1.80. The fourth-order valence-corrected chi connectivity index (χ4v) is 0.998. The first-order valence-corrected chi connectivity index (χ1v) is 4.67. The van der Waals surface area contributed by atoms with Crippen LogP contribution in [0.15, 0.2) is 18.5 Å². The zero-order chi connectivity index (χ0) is 11.5. The first-order chi connectivity index (χ1) is 6.90. The van der Waals surface area contributed by atoms with Crippen molar-refractivity contribution < 1.29 is 4.79 Å². The van der Waals surface area contributed by atoms with E-state index in [1.807, 2.05) is 13.8 Å². The average Bonchev–Trinajstić information content (AvgIpc) is 2.14. The molecule has 5 heteroatoms. The van der Waals surface area contributed by atoms with Crippen molar-refractivity contribution in [3.63, 3.8) is 0 Å². The zero-order valence-corrected chi connectivity index (χ0v) is 8.95. The Hall–Kier alpha value is -1.62. The van der Waals surface area contributed by atoms with Crippen LogP contribution in [-0.2, 0) is 0 Å². The normalized spacial score (nSPS) is 11.1. The number of aromatic nitrogens is 1. The molecular formula is C10H16N4O. The summed E-state index contributed by atoms with van der Waals surface area (Å²) in [5.74, 6) is -0.251. The third kappa shape index (κ3) is 3.55. The molecule has 1 amide bonds. The lowest BCUT2D eigenvalue weighted by molar-refractivity contribution is 0.0946. The van der Waals surface area contributed by atoms with Gasteiger partial charge in [-0.2, -0.15) is 0 Å². The maximum absolute atomic E-state index is 11.6. The molecule has 0 spiro atoms. The largest absolute Gasteiger partial charge is 0.398 e. The van der Waals surface area contributed by atoms with Crippen molar-refractivity contribution in [2.24, 2.45) is 5.73 Å². The van der Waals surface area contributed by atoms with Gasteiger partial charge in [0.1, 0.15) is 0 Å². The van der Waals surface area contributed by atoms with Crippen LogP contribution in [0.1, 0.15) is 24.2 Å². The minimum Gasteiger partial charge on any atom is -0.398 e. The maximum Gasteiger partial charge on any atom is 0.255 e. The van der Waals surface area contributed by atoms with Crippen LogP contribution in [0.5, 0.6) is 0 Å². The number of nitrogens with zero attached hydrogens (tertiary/aromatic N) is 1. The topological polar surface area (TPSA) is 94.0 Å². The number of amides is 1. The van der Waals surface area contributed by atoms with Crippen LogP contribution in [0.3, 0.4) is 0 Å². The second-order valence-electron chi connectivity index (χ2n) is 4.13. The van der Waals surface area contributed by atoms with Gasteiger partial charge in [0.15, 0.2) is 0 Å². The molecule has 1 heterocycles. The first kappa shape index (κ1) is 11.5. The third-order valence-corrected chi connectivity index (χ3v) is 1.80. The Labute approximate surface area is 88.9 Å². The van der Waals surface area contributed by atoms with Crippen molar-refractivity contribution in [1.29, 1.82) is 0 Å². The predicted octanol–water partition coefficient (Wildman–Crippen LogP) is 0.131. The quantitative estimate of drug-likeness (QED) is 0.658. The molecule has 0 saturated heterocycles. The van der Waals surface area contributed by atoms with E-state index in [-0.39, 0.29) is 5.91 Å². The van der Waals surface area contributed by atoms with Gasteiger partial charge < -0.3 is 16.8 Å². The van der Waals surface area contributed by atoms with Crippen molar-refractivity contribution in [2.75, 3.05) is 12.3 Å². The summed E-state index contributed by atoms with van der Waals surface area (Å²) < 4.78 is 0. The van der Waals surface area contributed by atoms with Crippen molar-refractivity contribution in [1.82, 2.24) is 10.3 Å². The summed E-state index contributed by atoms with van der Waals surface area (Å²) in [4.78, 5) is 15.5. The molecule has 1 aromatic rings. The highest BCUT2D eigenvalue weighted by Crippen LogP contribution is 2.08. The van der Waals surface area contributed by atoms with Crippen LogP contribution < -0.4 is 16.8 Å². The van der Waals surface area contributed by atoms with E-state index in [0.29, 0.717) is 17.8 Å². The number of nitrogens with one attached hydrogen (secondary N) is 1. The fourth-order valence-electron chi connectivity index (χ4n) is 0.998. The Kier molecular flexibility index (Phi) is 3.26. The van der Waals surface area contributed by atoms with Gasteiger partial charge in [0, 0.05) is 30.2 Å². The number of carbonyl (C=O) groups is 1. The Bertz CT molecular complexity index is 357. The second kappa shape index (κ2) is 4.27. The average molecular weight is 208 g/mol. The Morgan fingerprint density at radius 2 is 2.27 bits per heavy atom. The smallest absolute Gasteiger partial charge is 0.255 e. The molecule has 82 valence electrons. The van der Waals surface area contributed by atoms with Gasteiger partial charge in [-0.1, -0.05) is 0 Å². The molecule has 0 bridgehead atoms. The number of anilines is 1. The lowest BCUT2D eigenvalue weighted by Gasteiger charge is -2.19. The summed E-state index contributed by atoms with van der Waals surface area (Å²) in [6.45, 7) is 4.06. The molecule has 5 nitrogen and oxygen atoms in total. The number of pyridine rings is 1. The van der Waals surface area contributed by atoms with Crippen LogP contribution in [0.4, 0.5) is 5.69 Å². The SMILES string of the molecule is CC(C)(N)CNC(=O)c1cnccc1N. The molecule has 0 atom stereocenters. The van der Waals surface area contributed by atoms with Crippen LogP contribution in [0, 0.1) is 0 Å². The Balaban J connectivity index is 2.66. The highest BCUT2D eigenvalue weighted by atomic mass is 16.1. The summed E-state index contributed by atoms with van der Waals surface area (Å²) in [7, 11) is 0. The molecule has 0 aliphatic heterocycles. The summed E-state index contributed by atoms with van der Waals surface area (Å²) in [6.07, 6.45) is 2.98. The van der Waals surface area contributed by atoms with E-state index < -0.39 is 5.54 Å². The number of hydrogen-bond acceptors (Lipinski definition) is 4. The lowest BCUT2D eigenvalue weighted by atomic mass is 10.1. The van der Waals surface area contributed by atoms with Crippen LogP contribution in [0.25, 0.3) is 0 Å². The molecule has 0 aliphatic carbocycles. The number of carbonyl (C=O) groups excluding carboxylic acids is 1. The molecule has 0 saturated carbocycles. The highest BCUT2D eigenvalue weighted by molar-refractivity contribution is 5.98. The monoisotopic (exact) mass is 208 g/mol. The lowest BCUT2D eigenvalue weighted by Crippen LogP contribution is -2.45. The number of nitrogens with two attached hydrogens (primary N) is 2. The molecule has 1 rings (SSSR count). The van der Waals surface area contributed by atoms with Crippen molar-refractivity contribution in [2.45, 2.75) is 19.4 Å². The zero-order valence-electron chi connectivity index (χ0n) is 8.95. The molecular weight excluding hydrogens is 192 g/mol. The molecule has 0 aromatic carbocycles. The second-order valence-corrected chi connectivity index (χ2v) is 4.13. The minimum absolute atomic E-state index is 0.251. The van der Waals surface area contributed by atoms with Crippen molar-refractivity contribution in [3.05, 3.63) is 24.0 Å². The van der Waals surface area contributed by atoms with Gasteiger partial charge in [0.25, 0.3) is 5.91 Å². The fraction of sp³-hybridized carbons (Fsp3) is 0.400. The Morgan fingerprint density at radius 3 is 2.80 bits per heavy atom. The van der Waals surface area contributed by atoms with Gasteiger partial charge >= 0.3 is 0 Å². The van der Waals surface area contributed by atoms with E-state index >= 15 is 0 Å². The number of nitrogen functional groups attached to an aromatic ring is 1.